The number of nitrogens with two attached hydrogens (primary N) is 1. The highest BCUT2D eigenvalue weighted by molar-refractivity contribution is 7.89. The van der Waals surface area contributed by atoms with E-state index in [1.165, 1.54) is 0 Å². The lowest BCUT2D eigenvalue weighted by Gasteiger charge is -2.23. The van der Waals surface area contributed by atoms with Crippen LogP contribution in [0.15, 0.2) is 47.4 Å². The van der Waals surface area contributed by atoms with E-state index in [9.17, 15) is 8.42 Å². The number of ether oxygens (including phenoxy) is 1. The van der Waals surface area contributed by atoms with E-state index in [1.807, 2.05) is 24.3 Å². The van der Waals surface area contributed by atoms with Gasteiger partial charge in [-0.1, -0.05) is 32.9 Å². The van der Waals surface area contributed by atoms with Gasteiger partial charge in [0.15, 0.2) is 0 Å². The van der Waals surface area contributed by atoms with Crippen molar-refractivity contribution in [3.8, 4) is 5.75 Å². The van der Waals surface area contributed by atoms with Gasteiger partial charge in [0.2, 0.25) is 10.0 Å². The lowest BCUT2D eigenvalue weighted by Crippen LogP contribution is -2.26. The largest absolute Gasteiger partial charge is 0.493 e. The molecule has 1 heterocycles. The molecule has 3 rings (SSSR count). The fourth-order valence-electron chi connectivity index (χ4n) is 3.43. The predicted octanol–water partition coefficient (Wildman–Crippen LogP) is 3.50. The summed E-state index contributed by atoms with van der Waals surface area (Å²) < 4.78 is 33.6. The maximum Gasteiger partial charge on any atom is 0.240 e. The van der Waals surface area contributed by atoms with Crippen molar-refractivity contribution in [1.29, 1.82) is 5.41 Å². The highest BCUT2D eigenvalue weighted by Gasteiger charge is 2.25. The van der Waals surface area contributed by atoms with E-state index in [0.29, 0.717) is 25.1 Å². The average Bonchev–Trinajstić information content (AvgIpc) is 3.10. The molecule has 4 N–H and O–H groups in total. The van der Waals surface area contributed by atoms with Crippen molar-refractivity contribution in [2.45, 2.75) is 49.8 Å². The Morgan fingerprint density at radius 2 is 1.93 bits per heavy atom. The Bertz CT molecular complexity index is 998. The Labute approximate surface area is 173 Å². The minimum absolute atomic E-state index is 0.00819. The fraction of sp³-hybridized carbons (Fsp3) is 0.409. The number of rotatable bonds is 8. The summed E-state index contributed by atoms with van der Waals surface area (Å²) in [6.45, 7) is 7.22. The highest BCUT2D eigenvalue weighted by atomic mass is 32.2. The molecule has 6 nitrogen and oxygen atoms in total. The topological polar surface area (TPSA) is 105 Å². The fourth-order valence-corrected chi connectivity index (χ4v) is 4.47. The summed E-state index contributed by atoms with van der Waals surface area (Å²) >= 11 is 0. The third-order valence-corrected chi connectivity index (χ3v) is 7.29. The molecule has 1 aliphatic heterocycles. The number of fused-ring (bicyclic) bond motifs is 1. The van der Waals surface area contributed by atoms with E-state index >= 15 is 0 Å². The predicted molar refractivity (Wildman–Crippen MR) is 115 cm³/mol. The zero-order valence-corrected chi connectivity index (χ0v) is 18.0. The van der Waals surface area contributed by atoms with Gasteiger partial charge >= 0.3 is 0 Å². The SMILES string of the molecule is CCC(C)(C)c1ccc(S(=O)(=O)NCCC2COc3ccc(C(=N)N)cc32)cc1. The van der Waals surface area contributed by atoms with E-state index in [0.717, 1.165) is 23.3 Å². The first kappa shape index (κ1) is 21.3. The number of sulfonamides is 1. The van der Waals surface area contributed by atoms with Gasteiger partial charge in [-0.2, -0.15) is 0 Å². The molecule has 0 fully saturated rings. The van der Waals surface area contributed by atoms with Gasteiger partial charge in [0.1, 0.15) is 11.6 Å². The molecule has 0 aromatic heterocycles. The van der Waals surface area contributed by atoms with Gasteiger partial charge in [-0.3, -0.25) is 5.41 Å². The molecule has 1 unspecified atom stereocenters. The number of nitrogens with one attached hydrogen (secondary N) is 2. The van der Waals surface area contributed by atoms with E-state index < -0.39 is 10.0 Å². The Morgan fingerprint density at radius 1 is 1.24 bits per heavy atom. The Kier molecular flexibility index (Phi) is 6.00. The van der Waals surface area contributed by atoms with Gasteiger partial charge in [-0.05, 0) is 54.2 Å². The molecular formula is C22H29N3O3S. The van der Waals surface area contributed by atoms with Gasteiger partial charge in [0, 0.05) is 23.6 Å². The molecule has 0 bridgehead atoms. The van der Waals surface area contributed by atoms with Crippen LogP contribution in [0.3, 0.4) is 0 Å². The van der Waals surface area contributed by atoms with Crippen LogP contribution in [0.25, 0.3) is 0 Å². The van der Waals surface area contributed by atoms with Crippen molar-refractivity contribution in [1.82, 2.24) is 4.72 Å². The van der Waals surface area contributed by atoms with Crippen LogP contribution in [0.1, 0.15) is 56.2 Å². The molecule has 0 radical (unpaired) electrons. The Morgan fingerprint density at radius 3 is 2.55 bits per heavy atom. The third kappa shape index (κ3) is 4.62. The maximum absolute atomic E-state index is 12.6. The van der Waals surface area contributed by atoms with Crippen molar-refractivity contribution in [3.05, 3.63) is 59.2 Å². The summed E-state index contributed by atoms with van der Waals surface area (Å²) in [5.74, 6) is 0.852. The summed E-state index contributed by atoms with van der Waals surface area (Å²) in [6.07, 6.45) is 1.59. The maximum atomic E-state index is 12.6. The molecule has 0 amide bonds. The van der Waals surface area contributed by atoms with Crippen molar-refractivity contribution in [3.63, 3.8) is 0 Å². The first-order chi connectivity index (χ1) is 13.6. The van der Waals surface area contributed by atoms with E-state index in [1.54, 1.807) is 18.2 Å². The standard InChI is InChI=1S/C22H29N3O3S/c1-4-22(2,3)17-6-8-18(9-7-17)29(26,27)25-12-11-16-14-28-20-10-5-15(21(23)24)13-19(16)20/h5-10,13,16,25H,4,11-12,14H2,1-3H3,(H3,23,24). The van der Waals surface area contributed by atoms with Crippen molar-refractivity contribution in [2.75, 3.05) is 13.2 Å². The molecule has 1 aliphatic rings. The summed E-state index contributed by atoms with van der Waals surface area (Å²) in [6, 6.07) is 12.6. The monoisotopic (exact) mass is 415 g/mol. The molecule has 0 saturated heterocycles. The molecule has 0 aliphatic carbocycles. The Balaban J connectivity index is 1.64. The van der Waals surface area contributed by atoms with Crippen molar-refractivity contribution >= 4 is 15.9 Å². The normalized spacial score (nSPS) is 16.3. The quantitative estimate of drug-likeness (QED) is 0.453. The van der Waals surface area contributed by atoms with Gasteiger partial charge in [-0.15, -0.1) is 0 Å². The summed E-state index contributed by atoms with van der Waals surface area (Å²) in [4.78, 5) is 0.273. The van der Waals surface area contributed by atoms with Gasteiger partial charge in [-0.25, -0.2) is 13.1 Å². The van der Waals surface area contributed by atoms with Crippen LogP contribution < -0.4 is 15.2 Å². The summed E-state index contributed by atoms with van der Waals surface area (Å²) in [7, 11) is -3.56. The summed E-state index contributed by atoms with van der Waals surface area (Å²) in [5.41, 5.74) is 8.34. The zero-order chi connectivity index (χ0) is 21.2. The van der Waals surface area contributed by atoms with Crippen molar-refractivity contribution < 1.29 is 13.2 Å². The molecule has 2 aromatic rings. The van der Waals surface area contributed by atoms with Crippen molar-refractivity contribution in [2.24, 2.45) is 5.73 Å². The van der Waals surface area contributed by atoms with E-state index in [2.05, 4.69) is 25.5 Å². The molecular weight excluding hydrogens is 386 g/mol. The first-order valence-corrected chi connectivity index (χ1v) is 11.3. The molecule has 0 saturated carbocycles. The van der Waals surface area contributed by atoms with Crippen LogP contribution >= 0.6 is 0 Å². The highest BCUT2D eigenvalue weighted by Crippen LogP contribution is 2.36. The lowest BCUT2D eigenvalue weighted by atomic mass is 9.82. The zero-order valence-electron chi connectivity index (χ0n) is 17.2. The number of nitrogen functional groups attached to an aromatic ring is 1. The van der Waals surface area contributed by atoms with Crippen LogP contribution in [0.4, 0.5) is 0 Å². The van der Waals surface area contributed by atoms with Gasteiger partial charge < -0.3 is 10.5 Å². The van der Waals surface area contributed by atoms with Gasteiger partial charge in [0.05, 0.1) is 11.5 Å². The second-order valence-electron chi connectivity index (χ2n) is 8.12. The molecule has 156 valence electrons. The van der Waals surface area contributed by atoms with E-state index in [-0.39, 0.29) is 22.1 Å². The second kappa shape index (κ2) is 8.16. The third-order valence-electron chi connectivity index (χ3n) is 5.82. The van der Waals surface area contributed by atoms with Crippen LogP contribution in [0.2, 0.25) is 0 Å². The smallest absolute Gasteiger partial charge is 0.240 e. The number of hydrogen-bond acceptors (Lipinski definition) is 4. The molecule has 0 spiro atoms. The minimum Gasteiger partial charge on any atom is -0.493 e. The Hall–Kier alpha value is -2.38. The van der Waals surface area contributed by atoms with Crippen LogP contribution in [-0.4, -0.2) is 27.4 Å². The first-order valence-electron chi connectivity index (χ1n) is 9.85. The molecule has 1 atom stereocenters. The van der Waals surface area contributed by atoms with E-state index in [4.69, 9.17) is 15.9 Å². The van der Waals surface area contributed by atoms with Gasteiger partial charge in [0.25, 0.3) is 0 Å². The van der Waals surface area contributed by atoms with Crippen LogP contribution in [0.5, 0.6) is 5.75 Å². The molecule has 2 aromatic carbocycles. The second-order valence-corrected chi connectivity index (χ2v) is 9.89. The lowest BCUT2D eigenvalue weighted by molar-refractivity contribution is 0.325. The number of amidine groups is 1. The number of benzene rings is 2. The minimum atomic E-state index is -3.56. The molecule has 29 heavy (non-hydrogen) atoms. The van der Waals surface area contributed by atoms with Crippen LogP contribution in [0, 0.1) is 5.41 Å². The van der Waals surface area contributed by atoms with Crippen LogP contribution in [-0.2, 0) is 15.4 Å². The molecule has 7 heteroatoms. The number of hydrogen-bond donors (Lipinski definition) is 3. The summed E-state index contributed by atoms with van der Waals surface area (Å²) in [5, 5.41) is 7.59. The average molecular weight is 416 g/mol.